The smallest absolute Gasteiger partial charge is 0.0309 e. The molecule has 1 aliphatic rings. The van der Waals surface area contributed by atoms with Gasteiger partial charge in [0.2, 0.25) is 0 Å². The fraction of sp³-hybridized carbons (Fsp3) is 0.733. The van der Waals surface area contributed by atoms with Gasteiger partial charge in [-0.05, 0) is 64.7 Å². The number of hydrogen-bond acceptors (Lipinski definition) is 3. The van der Waals surface area contributed by atoms with Gasteiger partial charge in [-0.1, -0.05) is 12.5 Å². The van der Waals surface area contributed by atoms with Crippen LogP contribution >= 0.6 is 11.3 Å². The molecule has 102 valence electrons. The summed E-state index contributed by atoms with van der Waals surface area (Å²) in [5.41, 5.74) is 0.235. The first-order valence-corrected chi connectivity index (χ1v) is 7.97. The zero-order valence-electron chi connectivity index (χ0n) is 11.9. The molecule has 1 fully saturated rings. The lowest BCUT2D eigenvalue weighted by Crippen LogP contribution is -2.59. The van der Waals surface area contributed by atoms with Crippen LogP contribution in [0.4, 0.5) is 0 Å². The normalized spacial score (nSPS) is 19.9. The van der Waals surface area contributed by atoms with E-state index >= 15 is 0 Å². The monoisotopic (exact) mass is 266 g/mol. The summed E-state index contributed by atoms with van der Waals surface area (Å²) in [4.78, 5) is 4.16. The summed E-state index contributed by atoms with van der Waals surface area (Å²) in [6.07, 6.45) is 5.26. The molecule has 18 heavy (non-hydrogen) atoms. The molecule has 0 aliphatic carbocycles. The summed E-state index contributed by atoms with van der Waals surface area (Å²) in [5, 5.41) is 5.72. The summed E-state index contributed by atoms with van der Waals surface area (Å²) in [6, 6.07) is 4.93. The summed E-state index contributed by atoms with van der Waals surface area (Å²) >= 11 is 1.87. The Morgan fingerprint density at radius 3 is 2.61 bits per heavy atom. The molecule has 1 aliphatic heterocycles. The second-order valence-electron chi connectivity index (χ2n) is 5.83. The van der Waals surface area contributed by atoms with E-state index in [1.54, 1.807) is 0 Å². The average molecular weight is 266 g/mol. The van der Waals surface area contributed by atoms with Crippen LogP contribution in [0.1, 0.15) is 38.0 Å². The van der Waals surface area contributed by atoms with Crippen molar-refractivity contribution < 1.29 is 0 Å². The summed E-state index contributed by atoms with van der Waals surface area (Å²) in [5.74, 6) is 0. The lowest BCUT2D eigenvalue weighted by Gasteiger charge is -2.46. The Kier molecular flexibility index (Phi) is 4.82. The number of nitrogens with zero attached hydrogens (tertiary/aromatic N) is 1. The van der Waals surface area contributed by atoms with E-state index in [1.165, 1.54) is 37.2 Å². The molecule has 2 rings (SSSR count). The van der Waals surface area contributed by atoms with Crippen molar-refractivity contribution >= 4 is 11.3 Å². The van der Waals surface area contributed by atoms with Crippen molar-refractivity contribution in [2.75, 3.05) is 20.1 Å². The van der Waals surface area contributed by atoms with Gasteiger partial charge in [0.15, 0.2) is 0 Å². The van der Waals surface area contributed by atoms with Crippen LogP contribution < -0.4 is 5.32 Å². The van der Waals surface area contributed by atoms with Gasteiger partial charge in [-0.25, -0.2) is 0 Å². The van der Waals surface area contributed by atoms with Crippen LogP contribution in [0.2, 0.25) is 0 Å². The second-order valence-corrected chi connectivity index (χ2v) is 6.86. The van der Waals surface area contributed by atoms with Crippen LogP contribution in [0.3, 0.4) is 0 Å². The van der Waals surface area contributed by atoms with E-state index in [1.807, 2.05) is 11.3 Å². The van der Waals surface area contributed by atoms with E-state index in [0.717, 1.165) is 6.42 Å². The van der Waals surface area contributed by atoms with Crippen LogP contribution in [0, 0.1) is 0 Å². The molecule has 1 aromatic rings. The van der Waals surface area contributed by atoms with Gasteiger partial charge in [0.05, 0.1) is 0 Å². The Bertz CT molecular complexity index is 339. The number of likely N-dealkylation sites (N-methyl/N-ethyl adjacent to an activating group) is 1. The Morgan fingerprint density at radius 1 is 1.33 bits per heavy atom. The second kappa shape index (κ2) is 6.18. The molecule has 1 unspecified atom stereocenters. The van der Waals surface area contributed by atoms with Crippen LogP contribution in [0.25, 0.3) is 0 Å². The maximum atomic E-state index is 3.54. The Morgan fingerprint density at radius 2 is 2.06 bits per heavy atom. The molecule has 3 heteroatoms. The Labute approximate surface area is 115 Å². The molecule has 1 aromatic heterocycles. The van der Waals surface area contributed by atoms with Crippen molar-refractivity contribution in [3.8, 4) is 0 Å². The fourth-order valence-electron chi connectivity index (χ4n) is 3.03. The highest BCUT2D eigenvalue weighted by Crippen LogP contribution is 2.26. The first-order valence-electron chi connectivity index (χ1n) is 7.09. The van der Waals surface area contributed by atoms with E-state index in [0.29, 0.717) is 6.04 Å². The van der Waals surface area contributed by atoms with E-state index in [-0.39, 0.29) is 5.54 Å². The lowest BCUT2D eigenvalue weighted by atomic mass is 9.88. The summed E-state index contributed by atoms with van der Waals surface area (Å²) in [6.45, 7) is 7.31. The van der Waals surface area contributed by atoms with Crippen LogP contribution in [-0.2, 0) is 6.42 Å². The first-order chi connectivity index (χ1) is 8.64. The van der Waals surface area contributed by atoms with Crippen molar-refractivity contribution in [2.24, 2.45) is 0 Å². The third kappa shape index (κ3) is 3.14. The Hall–Kier alpha value is -0.380. The molecule has 1 atom stereocenters. The van der Waals surface area contributed by atoms with E-state index in [2.05, 4.69) is 48.6 Å². The predicted molar refractivity (Wildman–Crippen MR) is 80.4 cm³/mol. The average Bonchev–Trinajstić information content (AvgIpc) is 2.89. The maximum absolute atomic E-state index is 3.54. The zero-order valence-corrected chi connectivity index (χ0v) is 12.7. The van der Waals surface area contributed by atoms with Crippen molar-refractivity contribution in [2.45, 2.75) is 51.1 Å². The molecule has 0 radical (unpaired) electrons. The van der Waals surface area contributed by atoms with Crippen molar-refractivity contribution in [3.05, 3.63) is 22.4 Å². The minimum atomic E-state index is 0.235. The van der Waals surface area contributed by atoms with Gasteiger partial charge in [0, 0.05) is 16.5 Å². The molecule has 1 saturated heterocycles. The van der Waals surface area contributed by atoms with E-state index in [9.17, 15) is 0 Å². The van der Waals surface area contributed by atoms with Gasteiger partial charge in [0.25, 0.3) is 0 Å². The highest BCUT2D eigenvalue weighted by atomic mass is 32.1. The lowest BCUT2D eigenvalue weighted by molar-refractivity contribution is 0.0638. The van der Waals surface area contributed by atoms with Crippen LogP contribution in [0.5, 0.6) is 0 Å². The van der Waals surface area contributed by atoms with Crippen molar-refractivity contribution in [1.29, 1.82) is 0 Å². The molecule has 2 heterocycles. The molecular formula is C15H26N2S. The largest absolute Gasteiger partial charge is 0.315 e. The molecule has 1 N–H and O–H groups in total. The van der Waals surface area contributed by atoms with Crippen molar-refractivity contribution in [3.63, 3.8) is 0 Å². The highest BCUT2D eigenvalue weighted by Gasteiger charge is 2.35. The molecule has 0 spiro atoms. The summed E-state index contributed by atoms with van der Waals surface area (Å²) in [7, 11) is 2.10. The predicted octanol–water partition coefficient (Wildman–Crippen LogP) is 3.14. The van der Waals surface area contributed by atoms with Crippen molar-refractivity contribution in [1.82, 2.24) is 10.2 Å². The maximum Gasteiger partial charge on any atom is 0.0309 e. The number of thiophene rings is 1. The standard InChI is InChI=1S/C15H26N2S/c1-15(2,17-9-5-4-6-10-17)14(16-3)12-13-8-7-11-18-13/h7-8,11,14,16H,4-6,9-10,12H2,1-3H3. The molecule has 0 aromatic carbocycles. The topological polar surface area (TPSA) is 15.3 Å². The molecule has 2 nitrogen and oxygen atoms in total. The van der Waals surface area contributed by atoms with E-state index < -0.39 is 0 Å². The Balaban J connectivity index is 2.04. The van der Waals surface area contributed by atoms with Crippen LogP contribution in [0.15, 0.2) is 17.5 Å². The number of likely N-dealkylation sites (tertiary alicyclic amines) is 1. The van der Waals surface area contributed by atoms with Gasteiger partial charge in [-0.3, -0.25) is 4.90 Å². The molecule has 0 saturated carbocycles. The molecular weight excluding hydrogens is 240 g/mol. The first kappa shape index (κ1) is 14.0. The minimum absolute atomic E-state index is 0.235. The third-order valence-electron chi connectivity index (χ3n) is 4.36. The molecule has 0 amide bonds. The minimum Gasteiger partial charge on any atom is -0.315 e. The molecule has 0 bridgehead atoms. The zero-order chi connectivity index (χ0) is 13.0. The number of hydrogen-bond donors (Lipinski definition) is 1. The van der Waals surface area contributed by atoms with Gasteiger partial charge in [-0.2, -0.15) is 0 Å². The van der Waals surface area contributed by atoms with Gasteiger partial charge in [-0.15, -0.1) is 11.3 Å². The number of nitrogens with one attached hydrogen (secondary N) is 1. The highest BCUT2D eigenvalue weighted by molar-refractivity contribution is 7.09. The van der Waals surface area contributed by atoms with E-state index in [4.69, 9.17) is 0 Å². The summed E-state index contributed by atoms with van der Waals surface area (Å²) < 4.78 is 0. The van der Waals surface area contributed by atoms with Gasteiger partial charge >= 0.3 is 0 Å². The van der Waals surface area contributed by atoms with Gasteiger partial charge in [0.1, 0.15) is 0 Å². The number of rotatable bonds is 5. The quantitative estimate of drug-likeness (QED) is 0.881. The number of piperidine rings is 1. The fourth-order valence-corrected chi connectivity index (χ4v) is 3.78. The third-order valence-corrected chi connectivity index (χ3v) is 5.26. The van der Waals surface area contributed by atoms with Crippen LogP contribution in [-0.4, -0.2) is 36.6 Å². The van der Waals surface area contributed by atoms with Gasteiger partial charge < -0.3 is 5.32 Å². The SMILES string of the molecule is CNC(Cc1cccs1)C(C)(C)N1CCCCC1.